The van der Waals surface area contributed by atoms with Gasteiger partial charge in [-0.3, -0.25) is 9.59 Å². The summed E-state index contributed by atoms with van der Waals surface area (Å²) >= 11 is 5.84. The molecule has 8 nitrogen and oxygen atoms in total. The fourth-order valence-corrected chi connectivity index (χ4v) is 2.06. The maximum absolute atomic E-state index is 12.1. The first-order valence-corrected chi connectivity index (χ1v) is 7.37. The third-order valence-electron chi connectivity index (χ3n) is 3.17. The Kier molecular flexibility index (Phi) is 4.39. The minimum atomic E-state index is -0.528. The molecule has 24 heavy (non-hydrogen) atoms. The number of halogens is 1. The Hall–Kier alpha value is -3.00. The average molecular weight is 346 g/mol. The quantitative estimate of drug-likeness (QED) is 0.747. The Morgan fingerprint density at radius 2 is 2.00 bits per heavy atom. The molecule has 0 aliphatic carbocycles. The van der Waals surface area contributed by atoms with Crippen LogP contribution in [0.5, 0.6) is 0 Å². The molecule has 1 amide bonds. The molecule has 0 saturated heterocycles. The first kappa shape index (κ1) is 15.9. The zero-order valence-electron chi connectivity index (χ0n) is 12.5. The predicted molar refractivity (Wildman–Crippen MR) is 85.5 cm³/mol. The first-order valence-electron chi connectivity index (χ1n) is 6.99. The van der Waals surface area contributed by atoms with Crippen molar-refractivity contribution < 1.29 is 9.32 Å². The van der Waals surface area contributed by atoms with E-state index in [1.807, 2.05) is 0 Å². The van der Waals surface area contributed by atoms with Crippen LogP contribution in [-0.2, 0) is 0 Å². The van der Waals surface area contributed by atoms with Gasteiger partial charge in [0.05, 0.1) is 0 Å². The van der Waals surface area contributed by atoms with Crippen molar-refractivity contribution in [3.8, 4) is 11.4 Å². The van der Waals surface area contributed by atoms with E-state index in [0.29, 0.717) is 10.8 Å². The second-order valence-corrected chi connectivity index (χ2v) is 5.40. The summed E-state index contributed by atoms with van der Waals surface area (Å²) in [6.07, 6.45) is 0. The number of nitrogens with zero attached hydrogens (tertiary/aromatic N) is 3. The summed E-state index contributed by atoms with van der Waals surface area (Å²) < 4.78 is 5.18. The van der Waals surface area contributed by atoms with Gasteiger partial charge < -0.3 is 9.84 Å². The van der Waals surface area contributed by atoms with Gasteiger partial charge in [0.1, 0.15) is 11.7 Å². The molecule has 3 rings (SSSR count). The summed E-state index contributed by atoms with van der Waals surface area (Å²) in [5, 5.41) is 13.0. The van der Waals surface area contributed by atoms with Crippen molar-refractivity contribution in [3.05, 3.63) is 63.4 Å². The number of aromatic nitrogens is 4. The lowest BCUT2D eigenvalue weighted by Crippen LogP contribution is -2.28. The van der Waals surface area contributed by atoms with Crippen molar-refractivity contribution in [2.75, 3.05) is 0 Å². The molecule has 9 heteroatoms. The Morgan fingerprint density at radius 1 is 1.25 bits per heavy atom. The number of rotatable bonds is 4. The second-order valence-electron chi connectivity index (χ2n) is 4.96. The molecule has 2 aromatic heterocycles. The minimum Gasteiger partial charge on any atom is -0.339 e. The third kappa shape index (κ3) is 3.49. The lowest BCUT2D eigenvalue weighted by atomic mass is 10.2. The molecule has 0 saturated carbocycles. The molecule has 0 unspecified atom stereocenters. The van der Waals surface area contributed by atoms with Gasteiger partial charge in [-0.05, 0) is 37.3 Å². The van der Waals surface area contributed by atoms with Gasteiger partial charge in [-0.1, -0.05) is 16.8 Å². The van der Waals surface area contributed by atoms with E-state index in [1.54, 1.807) is 31.2 Å². The van der Waals surface area contributed by atoms with Crippen LogP contribution in [0.2, 0.25) is 5.02 Å². The summed E-state index contributed by atoms with van der Waals surface area (Å²) in [5.74, 6) is 0.174. The molecule has 0 radical (unpaired) electrons. The monoisotopic (exact) mass is 345 g/mol. The number of hydrogen-bond acceptors (Lipinski definition) is 6. The molecule has 0 bridgehead atoms. The highest BCUT2D eigenvalue weighted by Gasteiger charge is 2.18. The number of carbonyl (C=O) groups is 1. The van der Waals surface area contributed by atoms with Crippen molar-refractivity contribution in [1.82, 2.24) is 25.7 Å². The van der Waals surface area contributed by atoms with E-state index >= 15 is 0 Å². The molecule has 1 aromatic carbocycles. The highest BCUT2D eigenvalue weighted by atomic mass is 35.5. The van der Waals surface area contributed by atoms with E-state index in [-0.39, 0.29) is 17.1 Å². The van der Waals surface area contributed by atoms with Crippen molar-refractivity contribution in [1.29, 1.82) is 0 Å². The fraction of sp³-hybridized carbons (Fsp3) is 0.133. The molecule has 3 aromatic rings. The van der Waals surface area contributed by atoms with E-state index < -0.39 is 11.9 Å². The van der Waals surface area contributed by atoms with Gasteiger partial charge in [0.15, 0.2) is 0 Å². The van der Waals surface area contributed by atoms with Crippen LogP contribution in [-0.4, -0.2) is 26.2 Å². The number of carbonyl (C=O) groups excluding carboxylic acids is 1. The summed E-state index contributed by atoms with van der Waals surface area (Å²) in [6, 6.07) is 9.00. The molecule has 1 atom stereocenters. The third-order valence-corrected chi connectivity index (χ3v) is 3.43. The van der Waals surface area contributed by atoms with Gasteiger partial charge >= 0.3 is 0 Å². The van der Waals surface area contributed by atoms with Crippen LogP contribution in [0.4, 0.5) is 0 Å². The lowest BCUT2D eigenvalue weighted by molar-refractivity contribution is 0.0926. The number of hydrogen-bond donors (Lipinski definition) is 2. The number of nitrogens with one attached hydrogen (secondary N) is 2. The van der Waals surface area contributed by atoms with Gasteiger partial charge in [0.25, 0.3) is 11.5 Å². The van der Waals surface area contributed by atoms with Crippen molar-refractivity contribution in [2.24, 2.45) is 0 Å². The van der Waals surface area contributed by atoms with Gasteiger partial charge in [0.2, 0.25) is 11.7 Å². The molecule has 0 fully saturated rings. The van der Waals surface area contributed by atoms with Gasteiger partial charge in [0, 0.05) is 16.7 Å². The van der Waals surface area contributed by atoms with Crippen LogP contribution < -0.4 is 10.9 Å². The van der Waals surface area contributed by atoms with Crippen molar-refractivity contribution in [2.45, 2.75) is 13.0 Å². The SMILES string of the molecule is C[C@@H](NC(=O)c1ccc(=O)[nH]n1)c1nc(-c2ccc(Cl)cc2)no1. The van der Waals surface area contributed by atoms with Crippen LogP contribution in [0.1, 0.15) is 29.3 Å². The van der Waals surface area contributed by atoms with Gasteiger partial charge in [-0.15, -0.1) is 0 Å². The fourth-order valence-electron chi connectivity index (χ4n) is 1.93. The molecule has 0 spiro atoms. The summed E-state index contributed by atoms with van der Waals surface area (Å²) in [6.45, 7) is 1.70. The molecule has 122 valence electrons. The number of H-pyrrole nitrogens is 1. The highest BCUT2D eigenvalue weighted by molar-refractivity contribution is 6.30. The largest absolute Gasteiger partial charge is 0.339 e. The summed E-state index contributed by atoms with van der Waals surface area (Å²) in [7, 11) is 0. The number of benzene rings is 1. The molecule has 2 heterocycles. The Morgan fingerprint density at radius 3 is 2.67 bits per heavy atom. The first-order chi connectivity index (χ1) is 11.5. The number of amides is 1. The van der Waals surface area contributed by atoms with Crippen LogP contribution >= 0.6 is 11.6 Å². The Bertz CT molecular complexity index is 899. The van der Waals surface area contributed by atoms with Crippen LogP contribution in [0, 0.1) is 0 Å². The predicted octanol–water partition coefficient (Wildman–Crippen LogP) is 1.96. The zero-order valence-corrected chi connectivity index (χ0v) is 13.2. The summed E-state index contributed by atoms with van der Waals surface area (Å²) in [4.78, 5) is 27.3. The van der Waals surface area contributed by atoms with Crippen LogP contribution in [0.15, 0.2) is 45.7 Å². The smallest absolute Gasteiger partial charge is 0.272 e. The van der Waals surface area contributed by atoms with Crippen LogP contribution in [0.3, 0.4) is 0 Å². The van der Waals surface area contributed by atoms with E-state index in [4.69, 9.17) is 16.1 Å². The zero-order chi connectivity index (χ0) is 17.1. The topological polar surface area (TPSA) is 114 Å². The summed E-state index contributed by atoms with van der Waals surface area (Å²) in [5.41, 5.74) is 0.443. The minimum absolute atomic E-state index is 0.0823. The molecular weight excluding hydrogens is 334 g/mol. The lowest BCUT2D eigenvalue weighted by Gasteiger charge is -2.08. The number of aromatic amines is 1. The van der Waals surface area contributed by atoms with E-state index in [0.717, 1.165) is 5.56 Å². The van der Waals surface area contributed by atoms with Gasteiger partial charge in [-0.25, -0.2) is 5.10 Å². The van der Waals surface area contributed by atoms with E-state index in [9.17, 15) is 9.59 Å². The highest BCUT2D eigenvalue weighted by Crippen LogP contribution is 2.20. The molecule has 0 aliphatic rings. The Labute approximate surface area is 140 Å². The Balaban J connectivity index is 1.72. The average Bonchev–Trinajstić information content (AvgIpc) is 3.06. The maximum atomic E-state index is 12.1. The second kappa shape index (κ2) is 6.63. The van der Waals surface area contributed by atoms with Crippen LogP contribution in [0.25, 0.3) is 11.4 Å². The normalized spacial score (nSPS) is 11.9. The molecule has 0 aliphatic heterocycles. The van der Waals surface area contributed by atoms with E-state index in [1.165, 1.54) is 12.1 Å². The van der Waals surface area contributed by atoms with Crippen molar-refractivity contribution in [3.63, 3.8) is 0 Å². The van der Waals surface area contributed by atoms with Crippen molar-refractivity contribution >= 4 is 17.5 Å². The van der Waals surface area contributed by atoms with Gasteiger partial charge in [-0.2, -0.15) is 10.1 Å². The van der Waals surface area contributed by atoms with E-state index in [2.05, 4.69) is 25.7 Å². The molecule has 2 N–H and O–H groups in total. The molecular formula is C15H12ClN5O3. The maximum Gasteiger partial charge on any atom is 0.272 e. The standard InChI is InChI=1S/C15H12ClN5O3/c1-8(17-14(23)11-6-7-12(22)20-19-11)15-18-13(21-24-15)9-2-4-10(16)5-3-9/h2-8H,1H3,(H,17,23)(H,20,22)/t8-/m1/s1.